The lowest BCUT2D eigenvalue weighted by atomic mass is 10.0. The Balaban J connectivity index is 2.68. The predicted molar refractivity (Wildman–Crippen MR) is 72.6 cm³/mol. The molecule has 0 heterocycles. The Kier molecular flexibility index (Phi) is 6.14. The van der Waals surface area contributed by atoms with Crippen LogP contribution in [0.4, 0.5) is 0 Å². The molecule has 1 rings (SSSR count). The molecule has 1 aromatic rings. The van der Waals surface area contributed by atoms with Crippen molar-refractivity contribution >= 4 is 11.9 Å². The van der Waals surface area contributed by atoms with Crippen molar-refractivity contribution in [2.24, 2.45) is 0 Å². The number of rotatable bonds is 7. The molecule has 0 aliphatic heterocycles. The zero-order valence-electron chi connectivity index (χ0n) is 11.6. The average Bonchev–Trinajstić information content (AvgIpc) is 2.39. The first-order chi connectivity index (χ1) is 9.45. The number of methoxy groups -OCH3 is 1. The minimum Gasteiger partial charge on any atom is -0.478 e. The Labute approximate surface area is 117 Å². The summed E-state index contributed by atoms with van der Waals surface area (Å²) >= 11 is 0. The normalized spacial score (nSPS) is 11.9. The quantitative estimate of drug-likeness (QED) is 0.755. The SMILES string of the molecule is COCC(O)CN(C)C(=O)Cc1ccccc1C(=O)O. The van der Waals surface area contributed by atoms with Crippen molar-refractivity contribution in [3.05, 3.63) is 35.4 Å². The summed E-state index contributed by atoms with van der Waals surface area (Å²) < 4.78 is 4.79. The van der Waals surface area contributed by atoms with Gasteiger partial charge in [-0.15, -0.1) is 0 Å². The topological polar surface area (TPSA) is 87.1 Å². The van der Waals surface area contributed by atoms with Crippen LogP contribution in [0.3, 0.4) is 0 Å². The summed E-state index contributed by atoms with van der Waals surface area (Å²) in [6.07, 6.45) is -0.776. The Bertz CT molecular complexity index is 474. The Morgan fingerprint density at radius 1 is 1.35 bits per heavy atom. The van der Waals surface area contributed by atoms with Gasteiger partial charge in [0.25, 0.3) is 0 Å². The number of carbonyl (C=O) groups excluding carboxylic acids is 1. The molecule has 2 N–H and O–H groups in total. The molecule has 0 fully saturated rings. The molecule has 6 nitrogen and oxygen atoms in total. The second kappa shape index (κ2) is 7.62. The second-order valence-electron chi connectivity index (χ2n) is 4.52. The van der Waals surface area contributed by atoms with Gasteiger partial charge in [0.15, 0.2) is 0 Å². The van der Waals surface area contributed by atoms with E-state index in [0.29, 0.717) is 5.56 Å². The third-order valence-electron chi connectivity index (χ3n) is 2.86. The van der Waals surface area contributed by atoms with E-state index in [9.17, 15) is 14.7 Å². The molecule has 20 heavy (non-hydrogen) atoms. The number of carboxylic acid groups (broad SMARTS) is 1. The van der Waals surface area contributed by atoms with E-state index in [2.05, 4.69) is 0 Å². The van der Waals surface area contributed by atoms with E-state index in [1.165, 1.54) is 18.1 Å². The van der Waals surface area contributed by atoms with Crippen LogP contribution in [0.1, 0.15) is 15.9 Å². The van der Waals surface area contributed by atoms with E-state index in [-0.39, 0.29) is 31.0 Å². The largest absolute Gasteiger partial charge is 0.478 e. The fourth-order valence-electron chi connectivity index (χ4n) is 1.84. The maximum absolute atomic E-state index is 12.0. The first kappa shape index (κ1) is 16.1. The van der Waals surface area contributed by atoms with E-state index in [1.54, 1.807) is 25.2 Å². The van der Waals surface area contributed by atoms with E-state index in [4.69, 9.17) is 9.84 Å². The van der Waals surface area contributed by atoms with Gasteiger partial charge in [-0.25, -0.2) is 4.79 Å². The molecule has 0 spiro atoms. The van der Waals surface area contributed by atoms with Crippen LogP contribution in [-0.4, -0.2) is 60.4 Å². The maximum Gasteiger partial charge on any atom is 0.335 e. The lowest BCUT2D eigenvalue weighted by Gasteiger charge is -2.20. The molecule has 0 aromatic heterocycles. The van der Waals surface area contributed by atoms with Crippen LogP contribution in [0, 0.1) is 0 Å². The second-order valence-corrected chi connectivity index (χ2v) is 4.52. The molecule has 0 saturated heterocycles. The van der Waals surface area contributed by atoms with Gasteiger partial charge < -0.3 is 19.8 Å². The number of hydrogen-bond acceptors (Lipinski definition) is 4. The number of aromatic carboxylic acids is 1. The zero-order valence-corrected chi connectivity index (χ0v) is 11.6. The van der Waals surface area contributed by atoms with Crippen LogP contribution in [0.15, 0.2) is 24.3 Å². The van der Waals surface area contributed by atoms with E-state index in [1.807, 2.05) is 0 Å². The van der Waals surface area contributed by atoms with Gasteiger partial charge in [0, 0.05) is 20.7 Å². The summed E-state index contributed by atoms with van der Waals surface area (Å²) in [5, 5.41) is 18.6. The number of likely N-dealkylation sites (N-methyl/N-ethyl adjacent to an activating group) is 1. The highest BCUT2D eigenvalue weighted by molar-refractivity contribution is 5.91. The van der Waals surface area contributed by atoms with Crippen LogP contribution < -0.4 is 0 Å². The van der Waals surface area contributed by atoms with E-state index >= 15 is 0 Å². The number of ether oxygens (including phenoxy) is 1. The molecule has 110 valence electrons. The van der Waals surface area contributed by atoms with Gasteiger partial charge in [-0.1, -0.05) is 18.2 Å². The molecular weight excluding hydrogens is 262 g/mol. The van der Waals surface area contributed by atoms with Crippen LogP contribution in [0.2, 0.25) is 0 Å². The summed E-state index contributed by atoms with van der Waals surface area (Å²) in [5.74, 6) is -1.32. The number of hydrogen-bond donors (Lipinski definition) is 2. The molecule has 0 aliphatic carbocycles. The third kappa shape index (κ3) is 4.64. The highest BCUT2D eigenvalue weighted by Gasteiger charge is 2.17. The van der Waals surface area contributed by atoms with Gasteiger partial charge in [0.1, 0.15) is 0 Å². The summed E-state index contributed by atoms with van der Waals surface area (Å²) in [5.41, 5.74) is 0.574. The summed E-state index contributed by atoms with van der Waals surface area (Å²) in [7, 11) is 3.03. The fraction of sp³-hybridized carbons (Fsp3) is 0.429. The third-order valence-corrected chi connectivity index (χ3v) is 2.86. The number of benzene rings is 1. The lowest BCUT2D eigenvalue weighted by molar-refractivity contribution is -0.130. The minimum absolute atomic E-state index is 0.0152. The van der Waals surface area contributed by atoms with Crippen molar-refractivity contribution in [2.45, 2.75) is 12.5 Å². The molecule has 0 radical (unpaired) electrons. The van der Waals surface area contributed by atoms with Crippen LogP contribution in [-0.2, 0) is 16.0 Å². The molecule has 1 atom stereocenters. The highest BCUT2D eigenvalue weighted by atomic mass is 16.5. The smallest absolute Gasteiger partial charge is 0.335 e. The predicted octanol–water partition coefficient (Wildman–Crippen LogP) is 0.393. The van der Waals surface area contributed by atoms with Gasteiger partial charge in [-0.2, -0.15) is 0 Å². The monoisotopic (exact) mass is 281 g/mol. The molecule has 0 saturated carbocycles. The summed E-state index contributed by atoms with van der Waals surface area (Å²) in [4.78, 5) is 24.4. The maximum atomic E-state index is 12.0. The Morgan fingerprint density at radius 3 is 2.60 bits per heavy atom. The molecule has 0 bridgehead atoms. The van der Waals surface area contributed by atoms with Gasteiger partial charge in [-0.05, 0) is 11.6 Å². The van der Waals surface area contributed by atoms with Crippen molar-refractivity contribution in [3.8, 4) is 0 Å². The Hall–Kier alpha value is -1.92. The first-order valence-electron chi connectivity index (χ1n) is 6.17. The molecule has 1 unspecified atom stereocenters. The van der Waals surface area contributed by atoms with Gasteiger partial charge >= 0.3 is 5.97 Å². The van der Waals surface area contributed by atoms with Crippen molar-refractivity contribution in [1.29, 1.82) is 0 Å². The number of nitrogens with zero attached hydrogens (tertiary/aromatic N) is 1. The van der Waals surface area contributed by atoms with Crippen molar-refractivity contribution in [3.63, 3.8) is 0 Å². The average molecular weight is 281 g/mol. The standard InChI is InChI=1S/C14H19NO5/c1-15(8-11(16)9-20-2)13(17)7-10-5-3-4-6-12(10)14(18)19/h3-6,11,16H,7-9H2,1-2H3,(H,18,19). The molecule has 6 heteroatoms. The molecule has 1 amide bonds. The number of amides is 1. The van der Waals surface area contributed by atoms with E-state index in [0.717, 1.165) is 0 Å². The molecular formula is C14H19NO5. The van der Waals surface area contributed by atoms with Crippen LogP contribution in [0.5, 0.6) is 0 Å². The first-order valence-corrected chi connectivity index (χ1v) is 6.17. The summed E-state index contributed by atoms with van der Waals surface area (Å²) in [6, 6.07) is 6.38. The Morgan fingerprint density at radius 2 is 2.00 bits per heavy atom. The molecule has 0 aliphatic rings. The lowest BCUT2D eigenvalue weighted by Crippen LogP contribution is -2.37. The zero-order chi connectivity index (χ0) is 15.1. The van der Waals surface area contributed by atoms with Crippen molar-refractivity contribution in [2.75, 3.05) is 27.3 Å². The number of carboxylic acids is 1. The van der Waals surface area contributed by atoms with Gasteiger partial charge in [0.05, 0.1) is 24.7 Å². The van der Waals surface area contributed by atoms with Crippen LogP contribution >= 0.6 is 0 Å². The van der Waals surface area contributed by atoms with Crippen LogP contribution in [0.25, 0.3) is 0 Å². The minimum atomic E-state index is -1.06. The summed E-state index contributed by atoms with van der Waals surface area (Å²) in [6.45, 7) is 0.283. The van der Waals surface area contributed by atoms with Gasteiger partial charge in [-0.3, -0.25) is 4.79 Å². The van der Waals surface area contributed by atoms with Gasteiger partial charge in [0.2, 0.25) is 5.91 Å². The van der Waals surface area contributed by atoms with Crippen molar-refractivity contribution < 1.29 is 24.5 Å². The van der Waals surface area contributed by atoms with Crippen molar-refractivity contribution in [1.82, 2.24) is 4.90 Å². The fourth-order valence-corrected chi connectivity index (χ4v) is 1.84. The number of aliphatic hydroxyl groups excluding tert-OH is 1. The number of carbonyl (C=O) groups is 2. The van der Waals surface area contributed by atoms with E-state index < -0.39 is 12.1 Å². The highest BCUT2D eigenvalue weighted by Crippen LogP contribution is 2.10. The number of aliphatic hydroxyl groups is 1. The molecule has 1 aromatic carbocycles.